The topological polar surface area (TPSA) is 65.8 Å². The van der Waals surface area contributed by atoms with Crippen LogP contribution in [0.5, 0.6) is 11.5 Å². The summed E-state index contributed by atoms with van der Waals surface area (Å²) in [6.45, 7) is 2.99. The molecule has 172 valence electrons. The highest BCUT2D eigenvalue weighted by molar-refractivity contribution is 8.03. The van der Waals surface area contributed by atoms with E-state index in [4.69, 9.17) is 9.47 Å². The van der Waals surface area contributed by atoms with Gasteiger partial charge >= 0.3 is 0 Å². The van der Waals surface area contributed by atoms with E-state index < -0.39 is 0 Å². The number of ether oxygens (including phenoxy) is 2. The Hall–Kier alpha value is -3.63. The summed E-state index contributed by atoms with van der Waals surface area (Å²) in [6, 6.07) is 22.3. The number of carbonyl (C=O) groups is 1. The summed E-state index contributed by atoms with van der Waals surface area (Å²) in [5.74, 6) is 1.85. The predicted octanol–water partition coefficient (Wildman–Crippen LogP) is 5.47. The lowest BCUT2D eigenvalue weighted by atomic mass is 9.83. The highest BCUT2D eigenvalue weighted by Gasteiger charge is 2.39. The van der Waals surface area contributed by atoms with Crippen LogP contribution in [0.4, 0.5) is 5.69 Å². The Balaban J connectivity index is 1.51. The van der Waals surface area contributed by atoms with Crippen LogP contribution in [-0.2, 0) is 4.79 Å². The van der Waals surface area contributed by atoms with Crippen LogP contribution in [0.2, 0.25) is 0 Å². The second-order valence-electron chi connectivity index (χ2n) is 8.19. The molecule has 0 radical (unpaired) electrons. The van der Waals surface area contributed by atoms with Gasteiger partial charge in [-0.2, -0.15) is 5.26 Å². The van der Waals surface area contributed by atoms with Crippen molar-refractivity contribution in [3.8, 4) is 17.6 Å². The zero-order valence-corrected chi connectivity index (χ0v) is 20.0. The first-order valence-electron chi connectivity index (χ1n) is 11.3. The third-order valence-electron chi connectivity index (χ3n) is 6.31. The van der Waals surface area contributed by atoms with Gasteiger partial charge in [-0.15, -0.1) is 0 Å². The lowest BCUT2D eigenvalue weighted by Crippen LogP contribution is -2.47. The third kappa shape index (κ3) is 3.84. The van der Waals surface area contributed by atoms with E-state index in [1.54, 1.807) is 12.0 Å². The SMILES string of the molecule is CCOc1ccc(N2CSC3=C(C#N)C(c4c(OC)ccc5ccccc45)CC(=O)N3C2)cc1. The molecule has 7 heteroatoms. The summed E-state index contributed by atoms with van der Waals surface area (Å²) in [5.41, 5.74) is 2.55. The second-order valence-corrected chi connectivity index (χ2v) is 9.13. The van der Waals surface area contributed by atoms with E-state index in [0.717, 1.165) is 32.8 Å². The van der Waals surface area contributed by atoms with Crippen molar-refractivity contribution in [1.82, 2.24) is 4.90 Å². The Morgan fingerprint density at radius 1 is 1.12 bits per heavy atom. The van der Waals surface area contributed by atoms with Gasteiger partial charge < -0.3 is 14.4 Å². The third-order valence-corrected chi connectivity index (χ3v) is 7.46. The van der Waals surface area contributed by atoms with Gasteiger partial charge in [-0.3, -0.25) is 9.69 Å². The molecule has 1 fully saturated rings. The van der Waals surface area contributed by atoms with Crippen LogP contribution >= 0.6 is 11.8 Å². The van der Waals surface area contributed by atoms with E-state index in [9.17, 15) is 10.1 Å². The van der Waals surface area contributed by atoms with Crippen LogP contribution in [0.1, 0.15) is 24.8 Å². The number of methoxy groups -OCH3 is 1. The van der Waals surface area contributed by atoms with Crippen molar-refractivity contribution in [3.63, 3.8) is 0 Å². The Labute approximate surface area is 203 Å². The van der Waals surface area contributed by atoms with E-state index in [1.165, 1.54) is 11.8 Å². The van der Waals surface area contributed by atoms with Gasteiger partial charge in [-0.05, 0) is 48.0 Å². The highest BCUT2D eigenvalue weighted by Crippen LogP contribution is 2.47. The van der Waals surface area contributed by atoms with Gasteiger partial charge in [0, 0.05) is 23.6 Å². The van der Waals surface area contributed by atoms with Gasteiger partial charge in [-0.1, -0.05) is 42.1 Å². The van der Waals surface area contributed by atoms with Crippen LogP contribution in [0.3, 0.4) is 0 Å². The molecule has 6 nitrogen and oxygen atoms in total. The Bertz CT molecular complexity index is 1310. The number of hydrogen-bond acceptors (Lipinski definition) is 6. The van der Waals surface area contributed by atoms with Crippen molar-refractivity contribution in [3.05, 3.63) is 76.8 Å². The Morgan fingerprint density at radius 2 is 1.91 bits per heavy atom. The van der Waals surface area contributed by atoms with Gasteiger partial charge in [0.2, 0.25) is 5.91 Å². The van der Waals surface area contributed by atoms with Crippen molar-refractivity contribution in [2.75, 3.05) is 31.2 Å². The monoisotopic (exact) mass is 471 g/mol. The molecule has 3 aromatic carbocycles. The standard InChI is InChI=1S/C27H25N3O3S/c1-3-33-20-11-9-19(10-12-20)29-16-30-25(31)14-22(23(15-28)27(30)34-17-29)26-21-7-5-4-6-18(21)8-13-24(26)32-2/h4-13,22H,3,14,16-17H2,1-2H3. The number of thioether (sulfide) groups is 1. The van der Waals surface area contributed by atoms with Crippen LogP contribution in [-0.4, -0.2) is 37.1 Å². The minimum atomic E-state index is -0.339. The molecule has 0 bridgehead atoms. The molecule has 3 aromatic rings. The molecule has 0 aromatic heterocycles. The molecule has 2 aliphatic heterocycles. The number of hydrogen-bond donors (Lipinski definition) is 0. The quantitative estimate of drug-likeness (QED) is 0.492. The van der Waals surface area contributed by atoms with Gasteiger partial charge in [0.05, 0.1) is 42.9 Å². The number of allylic oxidation sites excluding steroid dienone is 1. The van der Waals surface area contributed by atoms with E-state index in [1.807, 2.05) is 67.6 Å². The molecule has 1 unspecified atom stereocenters. The first kappa shape index (κ1) is 22.2. The average molecular weight is 472 g/mol. The first-order chi connectivity index (χ1) is 16.6. The summed E-state index contributed by atoms with van der Waals surface area (Å²) >= 11 is 1.53. The van der Waals surface area contributed by atoms with Gasteiger partial charge in [0.15, 0.2) is 0 Å². The molecule has 34 heavy (non-hydrogen) atoms. The fourth-order valence-electron chi connectivity index (χ4n) is 4.71. The van der Waals surface area contributed by atoms with Gasteiger partial charge in [0.1, 0.15) is 11.5 Å². The molecule has 0 N–H and O–H groups in total. The van der Waals surface area contributed by atoms with E-state index in [0.29, 0.717) is 30.5 Å². The summed E-state index contributed by atoms with van der Waals surface area (Å²) in [7, 11) is 1.63. The molecule has 0 aliphatic carbocycles. The molecule has 0 spiro atoms. The fourth-order valence-corrected chi connectivity index (χ4v) is 5.87. The minimum absolute atomic E-state index is 0.0112. The Kier molecular flexibility index (Phi) is 6.08. The molecular weight excluding hydrogens is 446 g/mol. The van der Waals surface area contributed by atoms with Crippen LogP contribution < -0.4 is 14.4 Å². The van der Waals surface area contributed by atoms with Crippen molar-refractivity contribution < 1.29 is 14.3 Å². The fraction of sp³-hybridized carbons (Fsp3) is 0.259. The zero-order valence-electron chi connectivity index (χ0n) is 19.2. The molecular formula is C27H25N3O3S. The number of amides is 1. The molecule has 1 atom stereocenters. The molecule has 1 amide bonds. The van der Waals surface area contributed by atoms with Crippen molar-refractivity contribution >= 4 is 34.1 Å². The number of fused-ring (bicyclic) bond motifs is 2. The lowest BCUT2D eigenvalue weighted by molar-refractivity contribution is -0.129. The Morgan fingerprint density at radius 3 is 2.65 bits per heavy atom. The second kappa shape index (κ2) is 9.32. The maximum Gasteiger partial charge on any atom is 0.229 e. The van der Waals surface area contributed by atoms with Crippen molar-refractivity contribution in [2.45, 2.75) is 19.3 Å². The maximum atomic E-state index is 13.4. The van der Waals surface area contributed by atoms with E-state index in [-0.39, 0.29) is 18.2 Å². The number of anilines is 1. The lowest BCUT2D eigenvalue weighted by Gasteiger charge is -2.42. The number of nitrogens with zero attached hydrogens (tertiary/aromatic N) is 3. The predicted molar refractivity (Wildman–Crippen MR) is 135 cm³/mol. The number of benzene rings is 3. The van der Waals surface area contributed by atoms with Crippen LogP contribution in [0, 0.1) is 11.3 Å². The number of rotatable bonds is 5. The molecule has 1 saturated heterocycles. The average Bonchev–Trinajstić information content (AvgIpc) is 2.88. The maximum absolute atomic E-state index is 13.4. The van der Waals surface area contributed by atoms with Crippen LogP contribution in [0.25, 0.3) is 10.8 Å². The van der Waals surface area contributed by atoms with Crippen molar-refractivity contribution in [1.29, 1.82) is 5.26 Å². The molecule has 5 rings (SSSR count). The van der Waals surface area contributed by atoms with E-state index in [2.05, 4.69) is 11.0 Å². The number of carbonyl (C=O) groups excluding carboxylic acids is 1. The smallest absolute Gasteiger partial charge is 0.229 e. The largest absolute Gasteiger partial charge is 0.496 e. The normalized spacial score (nSPS) is 18.0. The number of nitriles is 1. The molecule has 2 aliphatic rings. The summed E-state index contributed by atoms with van der Waals surface area (Å²) in [5, 5.41) is 13.0. The zero-order chi connectivity index (χ0) is 23.7. The molecule has 2 heterocycles. The summed E-state index contributed by atoms with van der Waals surface area (Å²) in [4.78, 5) is 17.3. The summed E-state index contributed by atoms with van der Waals surface area (Å²) in [6.07, 6.45) is 0.231. The van der Waals surface area contributed by atoms with E-state index >= 15 is 0 Å². The van der Waals surface area contributed by atoms with Crippen molar-refractivity contribution in [2.24, 2.45) is 0 Å². The first-order valence-corrected chi connectivity index (χ1v) is 12.2. The highest BCUT2D eigenvalue weighted by atomic mass is 32.2. The van der Waals surface area contributed by atoms with Gasteiger partial charge in [0.25, 0.3) is 0 Å². The summed E-state index contributed by atoms with van der Waals surface area (Å²) < 4.78 is 11.2. The van der Waals surface area contributed by atoms with Crippen LogP contribution in [0.15, 0.2) is 71.3 Å². The molecule has 0 saturated carbocycles. The van der Waals surface area contributed by atoms with Gasteiger partial charge in [-0.25, -0.2) is 0 Å². The minimum Gasteiger partial charge on any atom is -0.496 e.